The van der Waals surface area contributed by atoms with E-state index in [1.165, 1.54) is 30.6 Å². The van der Waals surface area contributed by atoms with E-state index in [2.05, 4.69) is 23.4 Å². The van der Waals surface area contributed by atoms with Crippen LogP contribution in [0.15, 0.2) is 18.3 Å². The van der Waals surface area contributed by atoms with Crippen LogP contribution in [0.5, 0.6) is 0 Å². The Kier molecular flexibility index (Phi) is 3.12. The van der Waals surface area contributed by atoms with Crippen LogP contribution in [0.25, 0.3) is 0 Å². The summed E-state index contributed by atoms with van der Waals surface area (Å²) in [7, 11) is 1.94. The predicted octanol–water partition coefficient (Wildman–Crippen LogP) is 3.53. The average molecular weight is 261 g/mol. The largest absolute Gasteiger partial charge is 0.361 e. The van der Waals surface area contributed by atoms with Gasteiger partial charge >= 0.3 is 0 Å². The molecule has 0 saturated heterocycles. The fourth-order valence-corrected chi connectivity index (χ4v) is 3.77. The minimum Gasteiger partial charge on any atom is -0.361 e. The van der Waals surface area contributed by atoms with E-state index in [4.69, 9.17) is 0 Å². The van der Waals surface area contributed by atoms with Gasteiger partial charge in [-0.25, -0.2) is 0 Å². The average Bonchev–Trinajstić information content (AvgIpc) is 2.95. The maximum Gasteiger partial charge on any atom is 0.148 e. The van der Waals surface area contributed by atoms with E-state index in [1.54, 1.807) is 10.4 Å². The first-order chi connectivity index (χ1) is 8.72. The number of nitrogens with one attached hydrogen (secondary N) is 1. The van der Waals surface area contributed by atoms with Gasteiger partial charge in [0, 0.05) is 29.1 Å². The van der Waals surface area contributed by atoms with E-state index in [0.29, 0.717) is 6.04 Å². The maximum atomic E-state index is 4.37. The van der Waals surface area contributed by atoms with Crippen LogP contribution in [-0.2, 0) is 19.9 Å². The summed E-state index contributed by atoms with van der Waals surface area (Å²) in [5.41, 5.74) is 1.58. The number of fused-ring (bicyclic) bond motifs is 1. The minimum atomic E-state index is 0.343. The monoisotopic (exact) mass is 261 g/mol. The van der Waals surface area contributed by atoms with Gasteiger partial charge in [0.1, 0.15) is 5.82 Å². The molecule has 0 saturated carbocycles. The van der Waals surface area contributed by atoms with Crippen LogP contribution in [0.4, 0.5) is 5.82 Å². The quantitative estimate of drug-likeness (QED) is 0.916. The van der Waals surface area contributed by atoms with Gasteiger partial charge in [0.2, 0.25) is 0 Å². The zero-order valence-electron chi connectivity index (χ0n) is 10.9. The van der Waals surface area contributed by atoms with Gasteiger partial charge in [0.15, 0.2) is 0 Å². The van der Waals surface area contributed by atoms with Crippen LogP contribution < -0.4 is 5.32 Å². The van der Waals surface area contributed by atoms with Gasteiger partial charge < -0.3 is 5.32 Å². The lowest BCUT2D eigenvalue weighted by Crippen LogP contribution is -2.05. The van der Waals surface area contributed by atoms with Crippen molar-refractivity contribution >= 4 is 17.2 Å². The Labute approximate surface area is 112 Å². The molecule has 0 aliphatic heterocycles. The van der Waals surface area contributed by atoms with Gasteiger partial charge in [0.05, 0.1) is 6.04 Å². The molecule has 3 rings (SSSR count). The molecule has 3 nitrogen and oxygen atoms in total. The van der Waals surface area contributed by atoms with E-state index in [0.717, 1.165) is 5.82 Å². The number of aryl methyl sites for hydroxylation is 3. The molecule has 1 aliphatic rings. The standard InChI is InChI=1S/C14H19N3S/c1-10(15-14-7-8-17(2)16-14)13-9-11-5-3-4-6-12(11)18-13/h7-10H,3-6H2,1-2H3,(H,15,16). The number of rotatable bonds is 3. The van der Waals surface area contributed by atoms with E-state index in [9.17, 15) is 0 Å². The highest BCUT2D eigenvalue weighted by molar-refractivity contribution is 7.12. The lowest BCUT2D eigenvalue weighted by atomic mass is 9.99. The van der Waals surface area contributed by atoms with Gasteiger partial charge in [-0.05, 0) is 44.2 Å². The van der Waals surface area contributed by atoms with Crippen LogP contribution >= 0.6 is 11.3 Å². The summed E-state index contributed by atoms with van der Waals surface area (Å²) in [4.78, 5) is 3.04. The maximum absolute atomic E-state index is 4.37. The molecule has 0 bridgehead atoms. The molecule has 0 aromatic carbocycles. The fraction of sp³-hybridized carbons (Fsp3) is 0.500. The zero-order chi connectivity index (χ0) is 12.5. The molecular formula is C14H19N3S. The summed E-state index contributed by atoms with van der Waals surface area (Å²) in [6.45, 7) is 2.21. The number of aromatic nitrogens is 2. The van der Waals surface area contributed by atoms with Crippen LogP contribution in [0.2, 0.25) is 0 Å². The van der Waals surface area contributed by atoms with Crippen molar-refractivity contribution in [2.24, 2.45) is 7.05 Å². The minimum absolute atomic E-state index is 0.343. The number of thiophene rings is 1. The molecule has 0 radical (unpaired) electrons. The van der Waals surface area contributed by atoms with E-state index in [1.807, 2.05) is 35.3 Å². The first-order valence-corrected chi connectivity index (χ1v) is 7.41. The fourth-order valence-electron chi connectivity index (χ4n) is 2.51. The van der Waals surface area contributed by atoms with Crippen molar-refractivity contribution < 1.29 is 0 Å². The molecule has 0 fully saturated rings. The molecule has 1 atom stereocenters. The van der Waals surface area contributed by atoms with E-state index < -0.39 is 0 Å². The summed E-state index contributed by atoms with van der Waals surface area (Å²) in [5.74, 6) is 0.955. The summed E-state index contributed by atoms with van der Waals surface area (Å²) in [6, 6.07) is 4.75. The Morgan fingerprint density at radius 2 is 2.22 bits per heavy atom. The van der Waals surface area contributed by atoms with Crippen LogP contribution in [0.3, 0.4) is 0 Å². The number of anilines is 1. The smallest absolute Gasteiger partial charge is 0.148 e. The molecule has 0 spiro atoms. The van der Waals surface area contributed by atoms with Crippen molar-refractivity contribution in [3.63, 3.8) is 0 Å². The molecule has 2 aromatic rings. The lowest BCUT2D eigenvalue weighted by molar-refractivity contribution is 0.696. The molecule has 1 N–H and O–H groups in total. The lowest BCUT2D eigenvalue weighted by Gasteiger charge is -2.10. The zero-order valence-corrected chi connectivity index (χ0v) is 11.8. The van der Waals surface area contributed by atoms with Crippen molar-refractivity contribution in [2.75, 3.05) is 5.32 Å². The Balaban J connectivity index is 1.75. The van der Waals surface area contributed by atoms with Crippen molar-refractivity contribution in [3.05, 3.63) is 33.6 Å². The van der Waals surface area contributed by atoms with Crippen molar-refractivity contribution in [1.82, 2.24) is 9.78 Å². The second kappa shape index (κ2) is 4.76. The van der Waals surface area contributed by atoms with Gasteiger partial charge in [-0.15, -0.1) is 11.3 Å². The van der Waals surface area contributed by atoms with Crippen molar-refractivity contribution in [3.8, 4) is 0 Å². The van der Waals surface area contributed by atoms with Crippen LogP contribution in [0.1, 0.15) is 41.1 Å². The number of hydrogen-bond acceptors (Lipinski definition) is 3. The molecule has 4 heteroatoms. The number of hydrogen-bond donors (Lipinski definition) is 1. The highest BCUT2D eigenvalue weighted by atomic mass is 32.1. The molecule has 2 aromatic heterocycles. The highest BCUT2D eigenvalue weighted by Gasteiger charge is 2.16. The van der Waals surface area contributed by atoms with Gasteiger partial charge in [-0.1, -0.05) is 0 Å². The molecule has 96 valence electrons. The molecule has 1 unspecified atom stereocenters. The van der Waals surface area contributed by atoms with Crippen LogP contribution in [-0.4, -0.2) is 9.78 Å². The first kappa shape index (κ1) is 11.8. The third-order valence-electron chi connectivity index (χ3n) is 3.52. The highest BCUT2D eigenvalue weighted by Crippen LogP contribution is 2.33. The van der Waals surface area contributed by atoms with Gasteiger partial charge in [-0.3, -0.25) is 4.68 Å². The Bertz CT molecular complexity index is 517. The van der Waals surface area contributed by atoms with E-state index >= 15 is 0 Å². The molecule has 1 aliphatic carbocycles. The van der Waals surface area contributed by atoms with E-state index in [-0.39, 0.29) is 0 Å². The summed E-state index contributed by atoms with van der Waals surface area (Å²) < 4.78 is 1.83. The second-order valence-electron chi connectivity index (χ2n) is 5.04. The molecule has 18 heavy (non-hydrogen) atoms. The summed E-state index contributed by atoms with van der Waals surface area (Å²) in [6.07, 6.45) is 7.22. The molecular weight excluding hydrogens is 242 g/mol. The number of nitrogens with zero attached hydrogens (tertiary/aromatic N) is 2. The molecule has 0 amide bonds. The summed E-state index contributed by atoms with van der Waals surface area (Å²) in [5, 5.41) is 7.83. The van der Waals surface area contributed by atoms with Crippen molar-refractivity contribution in [1.29, 1.82) is 0 Å². The van der Waals surface area contributed by atoms with Gasteiger partial charge in [-0.2, -0.15) is 5.10 Å². The SMILES string of the molecule is CC(Nc1ccn(C)n1)c1cc2c(s1)CCCC2. The third kappa shape index (κ3) is 2.29. The van der Waals surface area contributed by atoms with Crippen LogP contribution in [0, 0.1) is 0 Å². The second-order valence-corrected chi connectivity index (χ2v) is 6.21. The Hall–Kier alpha value is -1.29. The topological polar surface area (TPSA) is 29.9 Å². The predicted molar refractivity (Wildman–Crippen MR) is 76.2 cm³/mol. The van der Waals surface area contributed by atoms with Gasteiger partial charge in [0.25, 0.3) is 0 Å². The van der Waals surface area contributed by atoms with Crippen molar-refractivity contribution in [2.45, 2.75) is 38.6 Å². The summed E-state index contributed by atoms with van der Waals surface area (Å²) >= 11 is 1.97. The third-order valence-corrected chi connectivity index (χ3v) is 4.94. The first-order valence-electron chi connectivity index (χ1n) is 6.60. The normalized spacial score (nSPS) is 16.3. The molecule has 2 heterocycles. The Morgan fingerprint density at radius 1 is 1.39 bits per heavy atom. The Morgan fingerprint density at radius 3 is 2.94 bits per heavy atom.